The van der Waals surface area contributed by atoms with E-state index in [-0.39, 0.29) is 5.41 Å². The summed E-state index contributed by atoms with van der Waals surface area (Å²) >= 11 is 0. The van der Waals surface area contributed by atoms with E-state index in [9.17, 15) is 5.11 Å². The smallest absolute Gasteiger partial charge is 0.127 e. The molecular weight excluding hydrogens is 344 g/mol. The molecule has 0 aromatic heterocycles. The summed E-state index contributed by atoms with van der Waals surface area (Å²) in [6.07, 6.45) is 0.759. The molecule has 0 spiro atoms. The molecule has 1 atom stereocenters. The van der Waals surface area contributed by atoms with Gasteiger partial charge in [0.1, 0.15) is 11.5 Å². The Morgan fingerprint density at radius 3 is 2.22 bits per heavy atom. The van der Waals surface area contributed by atoms with Gasteiger partial charge in [-0.1, -0.05) is 19.9 Å². The van der Waals surface area contributed by atoms with Crippen LogP contribution in [0.1, 0.15) is 25.8 Å². The number of nitrogens with zero attached hydrogens (tertiary/aromatic N) is 2. The van der Waals surface area contributed by atoms with E-state index in [0.29, 0.717) is 0 Å². The maximum Gasteiger partial charge on any atom is 0.127 e. The number of benzene rings is 1. The van der Waals surface area contributed by atoms with Gasteiger partial charge in [0.2, 0.25) is 0 Å². The van der Waals surface area contributed by atoms with Gasteiger partial charge in [-0.25, -0.2) is 0 Å². The van der Waals surface area contributed by atoms with Gasteiger partial charge in [0.25, 0.3) is 0 Å². The van der Waals surface area contributed by atoms with E-state index in [1.54, 1.807) is 14.2 Å². The number of methoxy groups -OCH3 is 2. The second-order valence-electron chi connectivity index (χ2n) is 8.41. The minimum Gasteiger partial charge on any atom is -0.496 e. The lowest BCUT2D eigenvalue weighted by Crippen LogP contribution is -2.62. The first-order valence-corrected chi connectivity index (χ1v) is 9.83. The summed E-state index contributed by atoms with van der Waals surface area (Å²) in [6.45, 7) is 10.8. The van der Waals surface area contributed by atoms with Crippen molar-refractivity contribution in [1.29, 1.82) is 0 Å². The third-order valence-electron chi connectivity index (χ3n) is 6.22. The Kier molecular flexibility index (Phi) is 6.31. The second kappa shape index (κ2) is 8.35. The minimum absolute atomic E-state index is 0.210. The molecule has 0 radical (unpaired) electrons. The van der Waals surface area contributed by atoms with Gasteiger partial charge in [-0.2, -0.15) is 0 Å². The molecule has 1 aromatic rings. The molecule has 0 amide bonds. The topological polar surface area (TPSA) is 54.4 Å². The molecule has 0 aliphatic carbocycles. The second-order valence-corrected chi connectivity index (χ2v) is 8.41. The van der Waals surface area contributed by atoms with E-state index >= 15 is 0 Å². The molecule has 2 saturated heterocycles. The number of hydrogen-bond donors (Lipinski definition) is 1. The van der Waals surface area contributed by atoms with Gasteiger partial charge in [-0.05, 0) is 18.6 Å². The van der Waals surface area contributed by atoms with Crippen LogP contribution in [0, 0.1) is 5.41 Å². The largest absolute Gasteiger partial charge is 0.496 e. The molecule has 27 heavy (non-hydrogen) atoms. The van der Waals surface area contributed by atoms with E-state index in [2.05, 4.69) is 23.6 Å². The quantitative estimate of drug-likeness (QED) is 0.817. The summed E-state index contributed by atoms with van der Waals surface area (Å²) in [5.41, 5.74) is 0.168. The fourth-order valence-electron chi connectivity index (χ4n) is 4.33. The Morgan fingerprint density at radius 2 is 1.67 bits per heavy atom. The standard InChI is InChI=1S/C21H34N2O4/c1-20(2)15-23(14-17-18(25-3)6-5-7-19(17)26-4)9-8-21(20,24)16-22-10-12-27-13-11-22/h5-7,24H,8-16H2,1-4H3/t21-/m0/s1. The van der Waals surface area contributed by atoms with E-state index in [1.165, 1.54) is 0 Å². The first-order chi connectivity index (χ1) is 12.9. The summed E-state index contributed by atoms with van der Waals surface area (Å²) in [4.78, 5) is 4.73. The highest BCUT2D eigenvalue weighted by Gasteiger charge is 2.48. The monoisotopic (exact) mass is 378 g/mol. The van der Waals surface area contributed by atoms with Crippen molar-refractivity contribution in [2.45, 2.75) is 32.4 Å². The van der Waals surface area contributed by atoms with Crippen molar-refractivity contribution in [3.05, 3.63) is 23.8 Å². The van der Waals surface area contributed by atoms with Crippen LogP contribution in [0.2, 0.25) is 0 Å². The average molecular weight is 379 g/mol. The van der Waals surface area contributed by atoms with E-state index in [4.69, 9.17) is 14.2 Å². The molecule has 2 fully saturated rings. The lowest BCUT2D eigenvalue weighted by Gasteiger charge is -2.52. The number of β-amino-alcohol motifs (C(OH)–C–C–N with tert-alkyl or cyclic N) is 1. The Labute approximate surface area is 163 Å². The van der Waals surface area contributed by atoms with Gasteiger partial charge < -0.3 is 19.3 Å². The van der Waals surface area contributed by atoms with Crippen molar-refractivity contribution in [2.75, 3.05) is 60.2 Å². The molecule has 6 nitrogen and oxygen atoms in total. The molecule has 152 valence electrons. The van der Waals surface area contributed by atoms with Crippen LogP contribution in [0.3, 0.4) is 0 Å². The van der Waals surface area contributed by atoms with Crippen LogP contribution in [-0.4, -0.2) is 80.7 Å². The van der Waals surface area contributed by atoms with Gasteiger partial charge in [-0.15, -0.1) is 0 Å². The molecule has 0 bridgehead atoms. The number of ether oxygens (including phenoxy) is 3. The SMILES string of the molecule is COc1cccc(OC)c1CN1CC[C@](O)(CN2CCOCC2)C(C)(C)C1. The highest BCUT2D eigenvalue weighted by atomic mass is 16.5. The summed E-state index contributed by atoms with van der Waals surface area (Å²) in [5, 5.41) is 11.5. The van der Waals surface area contributed by atoms with Gasteiger partial charge in [0.05, 0.1) is 38.6 Å². The van der Waals surface area contributed by atoms with Crippen LogP contribution in [0.5, 0.6) is 11.5 Å². The first-order valence-electron chi connectivity index (χ1n) is 9.83. The van der Waals surface area contributed by atoms with Crippen LogP contribution in [-0.2, 0) is 11.3 Å². The number of likely N-dealkylation sites (tertiary alicyclic amines) is 1. The van der Waals surface area contributed by atoms with Gasteiger partial charge in [0.15, 0.2) is 0 Å². The van der Waals surface area contributed by atoms with Gasteiger partial charge in [0, 0.05) is 44.7 Å². The number of piperidine rings is 1. The fourth-order valence-corrected chi connectivity index (χ4v) is 4.33. The summed E-state index contributed by atoms with van der Waals surface area (Å²) in [5.74, 6) is 1.70. The summed E-state index contributed by atoms with van der Waals surface area (Å²) in [6, 6.07) is 5.89. The maximum absolute atomic E-state index is 11.5. The zero-order valence-corrected chi connectivity index (χ0v) is 17.2. The fraction of sp³-hybridized carbons (Fsp3) is 0.714. The number of hydrogen-bond acceptors (Lipinski definition) is 6. The van der Waals surface area contributed by atoms with Crippen molar-refractivity contribution in [3.63, 3.8) is 0 Å². The van der Waals surface area contributed by atoms with Gasteiger partial charge >= 0.3 is 0 Å². The Hall–Kier alpha value is -1.34. The van der Waals surface area contributed by atoms with E-state index in [1.807, 2.05) is 18.2 Å². The molecule has 0 saturated carbocycles. The molecule has 6 heteroatoms. The maximum atomic E-state index is 11.5. The van der Waals surface area contributed by atoms with Crippen LogP contribution in [0.4, 0.5) is 0 Å². The molecule has 2 aliphatic heterocycles. The molecule has 1 aromatic carbocycles. The third-order valence-corrected chi connectivity index (χ3v) is 6.22. The van der Waals surface area contributed by atoms with Crippen LogP contribution in [0.25, 0.3) is 0 Å². The van der Waals surface area contributed by atoms with Crippen molar-refractivity contribution in [2.24, 2.45) is 5.41 Å². The van der Waals surface area contributed by atoms with Crippen LogP contribution < -0.4 is 9.47 Å². The predicted molar refractivity (Wildman–Crippen MR) is 105 cm³/mol. The van der Waals surface area contributed by atoms with Crippen LogP contribution >= 0.6 is 0 Å². The summed E-state index contributed by atoms with van der Waals surface area (Å²) < 4.78 is 16.5. The van der Waals surface area contributed by atoms with Crippen molar-refractivity contribution >= 4 is 0 Å². The van der Waals surface area contributed by atoms with E-state index in [0.717, 1.165) is 76.0 Å². The minimum atomic E-state index is -0.689. The lowest BCUT2D eigenvalue weighted by atomic mass is 9.69. The molecule has 2 heterocycles. The first kappa shape index (κ1) is 20.4. The van der Waals surface area contributed by atoms with Crippen molar-refractivity contribution in [3.8, 4) is 11.5 Å². The summed E-state index contributed by atoms with van der Waals surface area (Å²) in [7, 11) is 3.39. The number of morpholine rings is 1. The Morgan fingerprint density at radius 1 is 1.04 bits per heavy atom. The van der Waals surface area contributed by atoms with Crippen LogP contribution in [0.15, 0.2) is 18.2 Å². The number of aliphatic hydroxyl groups is 1. The predicted octanol–water partition coefficient (Wildman–Crippen LogP) is 2.00. The zero-order valence-electron chi connectivity index (χ0n) is 17.2. The molecule has 3 rings (SSSR count). The number of rotatable bonds is 6. The zero-order chi connectivity index (χ0) is 19.5. The highest BCUT2D eigenvalue weighted by molar-refractivity contribution is 5.44. The molecular formula is C21H34N2O4. The third kappa shape index (κ3) is 4.40. The molecule has 0 unspecified atom stereocenters. The van der Waals surface area contributed by atoms with Gasteiger partial charge in [-0.3, -0.25) is 9.80 Å². The lowest BCUT2D eigenvalue weighted by molar-refractivity contribution is -0.141. The van der Waals surface area contributed by atoms with E-state index < -0.39 is 5.60 Å². The Bertz CT molecular complexity index is 608. The van der Waals surface area contributed by atoms with Crippen molar-refractivity contribution < 1.29 is 19.3 Å². The molecule has 2 aliphatic rings. The van der Waals surface area contributed by atoms with Crippen molar-refractivity contribution in [1.82, 2.24) is 9.80 Å². The normalized spacial score (nSPS) is 26.7. The molecule has 1 N–H and O–H groups in total. The Balaban J connectivity index is 1.70. The highest BCUT2D eigenvalue weighted by Crippen LogP contribution is 2.41. The average Bonchev–Trinajstić information content (AvgIpc) is 2.66.